The molecular formula is C16H12F3N3O2S. The molecule has 0 amide bonds. The Bertz CT molecular complexity index is 923. The quantitative estimate of drug-likeness (QED) is 0.412. The molecule has 0 bridgehead atoms. The topological polar surface area (TPSA) is 63.3 Å². The highest BCUT2D eigenvalue weighted by atomic mass is 32.2. The first kappa shape index (κ1) is 16.1. The van der Waals surface area contributed by atoms with Gasteiger partial charge in [-0.25, -0.2) is 9.97 Å². The van der Waals surface area contributed by atoms with E-state index in [1.165, 1.54) is 11.8 Å². The van der Waals surface area contributed by atoms with Gasteiger partial charge in [0.05, 0.1) is 16.7 Å². The third-order valence-electron chi connectivity index (χ3n) is 3.66. The van der Waals surface area contributed by atoms with Crippen LogP contribution < -0.4 is 9.47 Å². The average molecular weight is 367 g/mol. The number of fused-ring (bicyclic) bond motifs is 2. The molecule has 3 aromatic rings. The molecule has 130 valence electrons. The van der Waals surface area contributed by atoms with Crippen LogP contribution in [0.15, 0.2) is 29.4 Å². The van der Waals surface area contributed by atoms with Gasteiger partial charge in [-0.1, -0.05) is 23.9 Å². The highest BCUT2D eigenvalue weighted by Crippen LogP contribution is 2.53. The molecule has 1 N–H and O–H groups in total. The van der Waals surface area contributed by atoms with Gasteiger partial charge < -0.3 is 14.5 Å². The summed E-state index contributed by atoms with van der Waals surface area (Å²) in [6.07, 6.45) is -4.40. The minimum atomic E-state index is -4.40. The summed E-state index contributed by atoms with van der Waals surface area (Å²) in [6, 6.07) is 7.64. The van der Waals surface area contributed by atoms with E-state index in [0.717, 1.165) is 11.0 Å². The summed E-state index contributed by atoms with van der Waals surface area (Å²) in [5.74, 6) is 1.16. The number of pyridine rings is 1. The van der Waals surface area contributed by atoms with Gasteiger partial charge in [-0.15, -0.1) is 0 Å². The molecule has 0 atom stereocenters. The Hall–Kier alpha value is -2.42. The van der Waals surface area contributed by atoms with Crippen molar-refractivity contribution >= 4 is 22.8 Å². The molecule has 1 aliphatic rings. The maximum absolute atomic E-state index is 12.4. The Balaban J connectivity index is 1.52. The molecule has 9 heteroatoms. The van der Waals surface area contributed by atoms with Gasteiger partial charge in [0.25, 0.3) is 5.88 Å². The van der Waals surface area contributed by atoms with E-state index in [0.29, 0.717) is 33.8 Å². The highest BCUT2D eigenvalue weighted by molar-refractivity contribution is 7.98. The maximum atomic E-state index is 12.4. The van der Waals surface area contributed by atoms with Crippen LogP contribution in [0.3, 0.4) is 0 Å². The van der Waals surface area contributed by atoms with Crippen molar-refractivity contribution in [1.29, 1.82) is 0 Å². The van der Waals surface area contributed by atoms with Gasteiger partial charge in [-0.3, -0.25) is 0 Å². The Morgan fingerprint density at radius 1 is 1.24 bits per heavy atom. The van der Waals surface area contributed by atoms with Crippen LogP contribution in [0.25, 0.3) is 11.0 Å². The van der Waals surface area contributed by atoms with Gasteiger partial charge in [0, 0.05) is 11.3 Å². The lowest BCUT2D eigenvalue weighted by molar-refractivity contribution is -0.153. The minimum absolute atomic E-state index is 0.113. The van der Waals surface area contributed by atoms with E-state index in [4.69, 9.17) is 9.47 Å². The molecule has 1 aromatic carbocycles. The van der Waals surface area contributed by atoms with Crippen molar-refractivity contribution in [3.05, 3.63) is 35.5 Å². The van der Waals surface area contributed by atoms with Crippen LogP contribution in [0.1, 0.15) is 11.3 Å². The molecule has 0 spiro atoms. The zero-order chi connectivity index (χ0) is 17.6. The normalized spacial score (nSPS) is 12.8. The molecule has 2 aromatic heterocycles. The van der Waals surface area contributed by atoms with E-state index in [1.807, 2.05) is 24.3 Å². The van der Waals surface area contributed by atoms with Crippen molar-refractivity contribution in [3.63, 3.8) is 0 Å². The van der Waals surface area contributed by atoms with E-state index in [9.17, 15) is 13.2 Å². The molecule has 4 rings (SSSR count). The predicted molar refractivity (Wildman–Crippen MR) is 86.3 cm³/mol. The fourth-order valence-corrected chi connectivity index (χ4v) is 3.30. The standard InChI is InChI=1S/C16H12F3N3O2S/c1-8-11(6-25-15-21-9-4-2-3-5-10(9)22-15)20-14-13(24-14)12(8)23-7-16(17,18)19/h2-5H,6-7H2,1H3,(H,21,22). The van der Waals surface area contributed by atoms with Gasteiger partial charge in [0.2, 0.25) is 5.75 Å². The van der Waals surface area contributed by atoms with Crippen LogP contribution in [0.2, 0.25) is 0 Å². The number of hydrogen-bond donors (Lipinski definition) is 1. The number of alkyl halides is 3. The number of thioether (sulfide) groups is 1. The van der Waals surface area contributed by atoms with Crippen molar-refractivity contribution in [2.24, 2.45) is 0 Å². The molecule has 0 saturated carbocycles. The summed E-state index contributed by atoms with van der Waals surface area (Å²) in [5, 5.41) is 0.714. The number of ether oxygens (including phenoxy) is 2. The second-order valence-electron chi connectivity index (χ2n) is 5.50. The highest BCUT2D eigenvalue weighted by Gasteiger charge is 2.35. The van der Waals surface area contributed by atoms with Gasteiger partial charge in [0.1, 0.15) is 0 Å². The molecule has 1 aliphatic heterocycles. The van der Waals surface area contributed by atoms with Crippen molar-refractivity contribution in [3.8, 4) is 17.4 Å². The fourth-order valence-electron chi connectivity index (χ4n) is 2.40. The molecule has 0 fully saturated rings. The number of H-pyrrole nitrogens is 1. The van der Waals surface area contributed by atoms with Crippen molar-refractivity contribution in [2.45, 2.75) is 24.0 Å². The summed E-state index contributed by atoms with van der Waals surface area (Å²) < 4.78 is 47.2. The first-order chi connectivity index (χ1) is 11.9. The lowest BCUT2D eigenvalue weighted by Crippen LogP contribution is -2.19. The molecule has 25 heavy (non-hydrogen) atoms. The second kappa shape index (κ2) is 5.83. The summed E-state index contributed by atoms with van der Waals surface area (Å²) >= 11 is 1.42. The molecule has 0 unspecified atom stereocenters. The van der Waals surface area contributed by atoms with Crippen molar-refractivity contribution in [2.75, 3.05) is 6.61 Å². The number of hydrogen-bond acceptors (Lipinski definition) is 5. The zero-order valence-electron chi connectivity index (χ0n) is 13.0. The first-order valence-electron chi connectivity index (χ1n) is 7.39. The number of rotatable bonds is 5. The van der Waals surface area contributed by atoms with E-state index >= 15 is 0 Å². The van der Waals surface area contributed by atoms with Crippen molar-refractivity contribution < 1.29 is 22.6 Å². The third-order valence-corrected chi connectivity index (χ3v) is 4.55. The predicted octanol–water partition coefficient (Wildman–Crippen LogP) is 4.61. The molecule has 0 saturated heterocycles. The Morgan fingerprint density at radius 3 is 2.80 bits per heavy atom. The summed E-state index contributed by atoms with van der Waals surface area (Å²) in [7, 11) is 0. The summed E-state index contributed by atoms with van der Waals surface area (Å²) in [5.41, 5.74) is 2.93. The van der Waals surface area contributed by atoms with E-state index in [-0.39, 0.29) is 5.75 Å². The van der Waals surface area contributed by atoms with Crippen molar-refractivity contribution in [1.82, 2.24) is 15.0 Å². The summed E-state index contributed by atoms with van der Waals surface area (Å²) in [6.45, 7) is 0.318. The SMILES string of the molecule is Cc1c(CSc2nc3ccccc3[nH]2)nc2c(c1OCC(F)(F)F)O2. The first-order valence-corrected chi connectivity index (χ1v) is 8.38. The van der Waals surface area contributed by atoms with Gasteiger partial charge >= 0.3 is 6.18 Å². The van der Waals surface area contributed by atoms with Crippen LogP contribution in [-0.4, -0.2) is 27.7 Å². The average Bonchev–Trinajstić information content (AvgIpc) is 3.19. The lowest BCUT2D eigenvalue weighted by Gasteiger charge is -2.11. The smallest absolute Gasteiger partial charge is 0.422 e. The van der Waals surface area contributed by atoms with Gasteiger partial charge in [-0.05, 0) is 19.1 Å². The molecule has 0 radical (unpaired) electrons. The number of nitrogens with one attached hydrogen (secondary N) is 1. The van der Waals surface area contributed by atoms with Crippen LogP contribution in [-0.2, 0) is 5.75 Å². The van der Waals surface area contributed by atoms with E-state index < -0.39 is 12.8 Å². The van der Waals surface area contributed by atoms with Crippen LogP contribution in [0, 0.1) is 6.92 Å². The maximum Gasteiger partial charge on any atom is 0.422 e. The lowest BCUT2D eigenvalue weighted by atomic mass is 10.2. The Morgan fingerprint density at radius 2 is 2.04 bits per heavy atom. The van der Waals surface area contributed by atoms with Gasteiger partial charge in [0.15, 0.2) is 17.5 Å². The zero-order valence-corrected chi connectivity index (χ0v) is 13.8. The largest absolute Gasteiger partial charge is 0.480 e. The molecule has 3 heterocycles. The van der Waals surface area contributed by atoms with Gasteiger partial charge in [-0.2, -0.15) is 13.2 Å². The monoisotopic (exact) mass is 367 g/mol. The number of aromatic nitrogens is 3. The number of nitrogens with zero attached hydrogens (tertiary/aromatic N) is 2. The molecular weight excluding hydrogens is 355 g/mol. The molecule has 0 aliphatic carbocycles. The van der Waals surface area contributed by atoms with Crippen LogP contribution >= 0.6 is 11.8 Å². The number of benzene rings is 1. The fraction of sp³-hybridized carbons (Fsp3) is 0.250. The van der Waals surface area contributed by atoms with E-state index in [2.05, 4.69) is 15.0 Å². The van der Waals surface area contributed by atoms with Crippen LogP contribution in [0.4, 0.5) is 13.2 Å². The van der Waals surface area contributed by atoms with E-state index in [1.54, 1.807) is 6.92 Å². The second-order valence-corrected chi connectivity index (χ2v) is 6.46. The third kappa shape index (κ3) is 3.37. The number of para-hydroxylation sites is 2. The number of imidazole rings is 1. The Kier molecular flexibility index (Phi) is 3.75. The molecule has 5 nitrogen and oxygen atoms in total. The number of halogens is 3. The van der Waals surface area contributed by atoms with Crippen LogP contribution in [0.5, 0.6) is 17.4 Å². The Labute approximate surface area is 144 Å². The number of aromatic amines is 1. The minimum Gasteiger partial charge on any atom is -0.480 e. The summed E-state index contributed by atoms with van der Waals surface area (Å²) in [4.78, 5) is 11.9.